The minimum atomic E-state index is 0.302. The Bertz CT molecular complexity index is 922. The number of allylic oxidation sites excluding steroid dienone is 2. The summed E-state index contributed by atoms with van der Waals surface area (Å²) in [5.74, 6) is 2.32. The Kier molecular flexibility index (Phi) is 10.6. The first kappa shape index (κ1) is 27.9. The van der Waals surface area contributed by atoms with Crippen molar-refractivity contribution in [2.45, 2.75) is 99.8 Å². The molecule has 0 saturated carbocycles. The minimum absolute atomic E-state index is 0.302. The highest BCUT2D eigenvalue weighted by atomic mass is 15.2. The van der Waals surface area contributed by atoms with Gasteiger partial charge in [0.15, 0.2) is 0 Å². The number of aliphatic imine (C=N–C) groups is 1. The van der Waals surface area contributed by atoms with Crippen LogP contribution in [0.4, 0.5) is 0 Å². The molecule has 0 radical (unpaired) electrons. The highest BCUT2D eigenvalue weighted by Crippen LogP contribution is 2.39. The van der Waals surface area contributed by atoms with Crippen LogP contribution < -0.4 is 5.73 Å². The largest absolute Gasteiger partial charge is 0.382 e. The zero-order chi connectivity index (χ0) is 25.4. The van der Waals surface area contributed by atoms with Crippen molar-refractivity contribution in [1.29, 1.82) is 0 Å². The van der Waals surface area contributed by atoms with Gasteiger partial charge in [0.1, 0.15) is 5.84 Å². The van der Waals surface area contributed by atoms with Crippen molar-refractivity contribution in [2.75, 3.05) is 0 Å². The summed E-state index contributed by atoms with van der Waals surface area (Å²) >= 11 is 0. The first-order chi connectivity index (χ1) is 16.2. The van der Waals surface area contributed by atoms with Crippen molar-refractivity contribution in [3.8, 4) is 0 Å². The summed E-state index contributed by atoms with van der Waals surface area (Å²) in [6, 6.07) is 2.22. The van der Waals surface area contributed by atoms with Gasteiger partial charge < -0.3 is 10.6 Å². The molecule has 0 spiro atoms. The van der Waals surface area contributed by atoms with Crippen LogP contribution in [0, 0.1) is 24.7 Å². The van der Waals surface area contributed by atoms with E-state index in [4.69, 9.17) is 10.7 Å². The van der Waals surface area contributed by atoms with Gasteiger partial charge in [-0.1, -0.05) is 74.3 Å². The molecule has 4 heteroatoms. The van der Waals surface area contributed by atoms with E-state index in [-0.39, 0.29) is 0 Å². The third-order valence-corrected chi connectivity index (χ3v) is 7.33. The Morgan fingerprint density at radius 2 is 1.82 bits per heavy atom. The van der Waals surface area contributed by atoms with Gasteiger partial charge in [-0.15, -0.1) is 0 Å². The molecule has 1 aromatic rings. The number of pyridine rings is 1. The highest BCUT2D eigenvalue weighted by molar-refractivity contribution is 6.05. The molecule has 0 saturated heterocycles. The van der Waals surface area contributed by atoms with Gasteiger partial charge in [0.05, 0.1) is 5.70 Å². The van der Waals surface area contributed by atoms with Gasteiger partial charge in [0.25, 0.3) is 0 Å². The van der Waals surface area contributed by atoms with Crippen LogP contribution >= 0.6 is 0 Å². The van der Waals surface area contributed by atoms with Crippen LogP contribution in [0.1, 0.15) is 110 Å². The molecule has 0 fully saturated rings. The number of hydrogen-bond acceptors (Lipinski definition) is 4. The standard InChI is InChI=1S/C30H48N4/c1-10-13-14-25(17-21(6)11-2)24(9)34-16-15-32-30(31)29(34)28(22(7)12-3)27-19-33-23(8)18-26(27)20(4)5/h15-16,18-22,25H,9-14,17H2,1-8H3,(H2,31,32)/b29-28+. The number of rotatable bonds is 12. The molecule has 34 heavy (non-hydrogen) atoms. The van der Waals surface area contributed by atoms with Gasteiger partial charge in [-0.25, -0.2) is 4.99 Å². The van der Waals surface area contributed by atoms with E-state index < -0.39 is 0 Å². The quantitative estimate of drug-likeness (QED) is 0.339. The van der Waals surface area contributed by atoms with E-state index in [1.54, 1.807) is 0 Å². The molecule has 4 nitrogen and oxygen atoms in total. The van der Waals surface area contributed by atoms with Crippen LogP contribution in [0.5, 0.6) is 0 Å². The van der Waals surface area contributed by atoms with Crippen LogP contribution in [-0.2, 0) is 0 Å². The molecule has 1 aliphatic rings. The van der Waals surface area contributed by atoms with E-state index in [9.17, 15) is 0 Å². The minimum Gasteiger partial charge on any atom is -0.382 e. The molecule has 0 bridgehead atoms. The monoisotopic (exact) mass is 464 g/mol. The van der Waals surface area contributed by atoms with Crippen molar-refractivity contribution in [3.63, 3.8) is 0 Å². The summed E-state index contributed by atoms with van der Waals surface area (Å²) in [4.78, 5) is 11.5. The molecule has 3 unspecified atom stereocenters. The van der Waals surface area contributed by atoms with E-state index in [2.05, 4.69) is 84.1 Å². The zero-order valence-corrected chi connectivity index (χ0v) is 23.0. The lowest BCUT2D eigenvalue weighted by Gasteiger charge is -2.36. The smallest absolute Gasteiger partial charge is 0.148 e. The second kappa shape index (κ2) is 12.9. The number of nitrogens with two attached hydrogens (primary N) is 1. The van der Waals surface area contributed by atoms with Gasteiger partial charge in [-0.2, -0.15) is 0 Å². The summed E-state index contributed by atoms with van der Waals surface area (Å²) in [7, 11) is 0. The van der Waals surface area contributed by atoms with Crippen LogP contribution in [-0.4, -0.2) is 15.7 Å². The van der Waals surface area contributed by atoms with E-state index >= 15 is 0 Å². The fourth-order valence-corrected chi connectivity index (χ4v) is 4.78. The van der Waals surface area contributed by atoms with E-state index in [0.29, 0.717) is 29.5 Å². The molecule has 2 heterocycles. The predicted octanol–water partition coefficient (Wildman–Crippen LogP) is 8.17. The van der Waals surface area contributed by atoms with Gasteiger partial charge in [0, 0.05) is 35.6 Å². The van der Waals surface area contributed by atoms with Crippen molar-refractivity contribution in [1.82, 2.24) is 9.88 Å². The number of aromatic nitrogens is 1. The van der Waals surface area contributed by atoms with E-state index in [0.717, 1.165) is 36.4 Å². The van der Waals surface area contributed by atoms with Crippen LogP contribution in [0.3, 0.4) is 0 Å². The highest BCUT2D eigenvalue weighted by Gasteiger charge is 2.30. The lowest BCUT2D eigenvalue weighted by Crippen LogP contribution is -2.34. The Morgan fingerprint density at radius 3 is 2.41 bits per heavy atom. The molecule has 2 N–H and O–H groups in total. The fraction of sp³-hybridized carbons (Fsp3) is 0.600. The summed E-state index contributed by atoms with van der Waals surface area (Å²) in [5, 5.41) is 0. The van der Waals surface area contributed by atoms with Crippen molar-refractivity contribution >= 4 is 11.4 Å². The average Bonchev–Trinajstić information content (AvgIpc) is 2.82. The topological polar surface area (TPSA) is 54.5 Å². The van der Waals surface area contributed by atoms with Crippen LogP contribution in [0.25, 0.3) is 5.57 Å². The van der Waals surface area contributed by atoms with Crippen molar-refractivity contribution in [3.05, 3.63) is 59.5 Å². The number of unbranched alkanes of at least 4 members (excludes halogenated alkanes) is 1. The first-order valence-corrected chi connectivity index (χ1v) is 13.3. The Hall–Kier alpha value is -2.36. The zero-order valence-electron chi connectivity index (χ0n) is 23.0. The second-order valence-electron chi connectivity index (χ2n) is 10.4. The normalized spacial score (nSPS) is 18.0. The average molecular weight is 465 g/mol. The molecule has 0 aliphatic carbocycles. The van der Waals surface area contributed by atoms with Crippen molar-refractivity contribution in [2.24, 2.45) is 28.5 Å². The first-order valence-electron chi connectivity index (χ1n) is 13.3. The molecule has 0 amide bonds. The molecule has 0 aromatic carbocycles. The summed E-state index contributed by atoms with van der Waals surface area (Å²) in [6.07, 6.45) is 12.8. The Labute approximate surface area is 209 Å². The molecule has 3 atom stereocenters. The summed E-state index contributed by atoms with van der Waals surface area (Å²) in [6.45, 7) is 22.6. The third-order valence-electron chi connectivity index (χ3n) is 7.33. The third kappa shape index (κ3) is 6.61. The van der Waals surface area contributed by atoms with Gasteiger partial charge >= 0.3 is 0 Å². The maximum Gasteiger partial charge on any atom is 0.148 e. The number of hydrogen-bond donors (Lipinski definition) is 1. The summed E-state index contributed by atoms with van der Waals surface area (Å²) < 4.78 is 0. The maximum absolute atomic E-state index is 6.66. The number of amidine groups is 1. The Morgan fingerprint density at radius 1 is 1.12 bits per heavy atom. The Balaban J connectivity index is 2.71. The lowest BCUT2D eigenvalue weighted by atomic mass is 9.83. The number of nitrogens with zero attached hydrogens (tertiary/aromatic N) is 3. The SMILES string of the molecule is C=C(C(CCCC)CC(C)CC)N1C=CN=C(N)/C1=C(\c1cnc(C)cc1C(C)C)C(C)CC. The van der Waals surface area contributed by atoms with Crippen molar-refractivity contribution < 1.29 is 0 Å². The van der Waals surface area contributed by atoms with Crippen LogP contribution in [0.2, 0.25) is 0 Å². The van der Waals surface area contributed by atoms with E-state index in [1.165, 1.54) is 36.0 Å². The molecule has 2 rings (SSSR count). The molecular formula is C30H48N4. The molecule has 1 aromatic heterocycles. The van der Waals surface area contributed by atoms with Gasteiger partial charge in [-0.3, -0.25) is 4.98 Å². The van der Waals surface area contributed by atoms with Gasteiger partial charge in [0.2, 0.25) is 0 Å². The summed E-state index contributed by atoms with van der Waals surface area (Å²) in [5.41, 5.74) is 13.5. The fourth-order valence-electron chi connectivity index (χ4n) is 4.78. The van der Waals surface area contributed by atoms with E-state index in [1.807, 2.05) is 12.4 Å². The lowest BCUT2D eigenvalue weighted by molar-refractivity contribution is 0.349. The molecule has 1 aliphatic heterocycles. The molecular weight excluding hydrogens is 416 g/mol. The molecule has 188 valence electrons. The maximum atomic E-state index is 6.66. The number of aryl methyl sites for hydroxylation is 1. The second-order valence-corrected chi connectivity index (χ2v) is 10.4. The van der Waals surface area contributed by atoms with Crippen LogP contribution in [0.15, 0.2) is 47.6 Å². The predicted molar refractivity (Wildman–Crippen MR) is 148 cm³/mol. The van der Waals surface area contributed by atoms with Gasteiger partial charge in [-0.05, 0) is 67.1 Å².